The monoisotopic (exact) mass is 596 g/mol. The molecule has 0 aromatic heterocycles. The Morgan fingerprint density at radius 2 is 1.11 bits per heavy atom. The molecule has 0 saturated carbocycles. The lowest BCUT2D eigenvalue weighted by atomic mass is 9.88. The van der Waals surface area contributed by atoms with Gasteiger partial charge >= 0.3 is 0 Å². The van der Waals surface area contributed by atoms with Gasteiger partial charge in [-0.3, -0.25) is 9.80 Å². The van der Waals surface area contributed by atoms with E-state index in [-0.39, 0.29) is 29.3 Å². The topological polar surface area (TPSA) is 94.9 Å². The molecule has 44 heavy (non-hydrogen) atoms. The number of benzene rings is 4. The van der Waals surface area contributed by atoms with Crippen LogP contribution in [0.2, 0.25) is 0 Å². The molecule has 4 aromatic carbocycles. The summed E-state index contributed by atoms with van der Waals surface area (Å²) in [5.41, 5.74) is 6.79. The first-order valence-corrected chi connectivity index (χ1v) is 15.0. The second-order valence-electron chi connectivity index (χ2n) is 11.9. The molecule has 2 aliphatic rings. The third-order valence-electron chi connectivity index (χ3n) is 9.16. The molecule has 0 spiro atoms. The van der Waals surface area contributed by atoms with E-state index in [0.717, 1.165) is 60.2 Å². The lowest BCUT2D eigenvalue weighted by Gasteiger charge is -2.35. The van der Waals surface area contributed by atoms with E-state index in [2.05, 4.69) is 36.0 Å². The first kappa shape index (κ1) is 29.7. The molecule has 8 nitrogen and oxygen atoms in total. The molecular formula is C36H40N2O6. The van der Waals surface area contributed by atoms with E-state index in [4.69, 9.17) is 14.2 Å². The number of nitrogens with zero attached hydrogens (tertiary/aromatic N) is 2. The zero-order valence-electron chi connectivity index (χ0n) is 25.7. The van der Waals surface area contributed by atoms with Gasteiger partial charge in [-0.25, -0.2) is 0 Å². The summed E-state index contributed by atoms with van der Waals surface area (Å²) >= 11 is 0. The van der Waals surface area contributed by atoms with Crippen molar-refractivity contribution in [3.8, 4) is 40.2 Å². The highest BCUT2D eigenvalue weighted by Gasteiger charge is 2.28. The van der Waals surface area contributed by atoms with Crippen LogP contribution in [0.1, 0.15) is 45.5 Å². The quantitative estimate of drug-likeness (QED) is 0.223. The molecule has 0 saturated heterocycles. The van der Waals surface area contributed by atoms with Crippen LogP contribution in [0, 0.1) is 0 Å². The lowest BCUT2D eigenvalue weighted by Crippen LogP contribution is -2.33. The number of hydrogen-bond acceptors (Lipinski definition) is 8. The van der Waals surface area contributed by atoms with E-state index in [1.807, 2.05) is 48.5 Å². The Hall–Kier alpha value is -4.40. The molecule has 6 rings (SSSR count). The van der Waals surface area contributed by atoms with Gasteiger partial charge in [-0.15, -0.1) is 0 Å². The Labute approximate surface area is 258 Å². The largest absolute Gasteiger partial charge is 0.504 e. The summed E-state index contributed by atoms with van der Waals surface area (Å²) in [5.74, 6) is 2.44. The maximum atomic E-state index is 10.7. The Bertz CT molecular complexity index is 1650. The Morgan fingerprint density at radius 3 is 1.64 bits per heavy atom. The van der Waals surface area contributed by atoms with Crippen molar-refractivity contribution in [2.45, 2.75) is 37.8 Å². The molecule has 0 bridgehead atoms. The van der Waals surface area contributed by atoms with Crippen LogP contribution in [0.3, 0.4) is 0 Å². The Balaban J connectivity index is 1.18. The van der Waals surface area contributed by atoms with Crippen LogP contribution >= 0.6 is 0 Å². The molecule has 8 heteroatoms. The van der Waals surface area contributed by atoms with Gasteiger partial charge in [0.05, 0.1) is 14.2 Å². The van der Waals surface area contributed by atoms with E-state index in [0.29, 0.717) is 29.4 Å². The van der Waals surface area contributed by atoms with Crippen molar-refractivity contribution in [1.82, 2.24) is 9.80 Å². The molecule has 2 heterocycles. The van der Waals surface area contributed by atoms with E-state index in [1.165, 1.54) is 5.56 Å². The minimum Gasteiger partial charge on any atom is -0.504 e. The fraction of sp³-hybridized carbons (Fsp3) is 0.333. The fourth-order valence-corrected chi connectivity index (χ4v) is 6.58. The van der Waals surface area contributed by atoms with Crippen molar-refractivity contribution in [3.05, 3.63) is 100 Å². The van der Waals surface area contributed by atoms with Gasteiger partial charge in [0.2, 0.25) is 0 Å². The van der Waals surface area contributed by atoms with Crippen LogP contribution in [0.5, 0.6) is 40.2 Å². The first-order chi connectivity index (χ1) is 21.2. The predicted octanol–water partition coefficient (Wildman–Crippen LogP) is 6.16. The summed E-state index contributed by atoms with van der Waals surface area (Å²) < 4.78 is 17.0. The molecule has 0 unspecified atom stereocenters. The minimum atomic E-state index is 0.0828. The van der Waals surface area contributed by atoms with Gasteiger partial charge < -0.3 is 29.5 Å². The second kappa shape index (κ2) is 12.3. The number of methoxy groups -OCH3 is 2. The highest BCUT2D eigenvalue weighted by atomic mass is 16.5. The van der Waals surface area contributed by atoms with Crippen molar-refractivity contribution in [1.29, 1.82) is 0 Å². The van der Waals surface area contributed by atoms with Gasteiger partial charge in [0.25, 0.3) is 0 Å². The number of rotatable bonds is 8. The molecule has 0 aliphatic carbocycles. The van der Waals surface area contributed by atoms with Crippen LogP contribution in [0.25, 0.3) is 0 Å². The summed E-state index contributed by atoms with van der Waals surface area (Å²) in [4.78, 5) is 4.65. The van der Waals surface area contributed by atoms with Crippen molar-refractivity contribution in [2.24, 2.45) is 0 Å². The van der Waals surface area contributed by atoms with Gasteiger partial charge in [0, 0.05) is 25.2 Å². The van der Waals surface area contributed by atoms with E-state index in [9.17, 15) is 15.3 Å². The number of likely N-dealkylation sites (N-methyl/N-ethyl adjacent to an activating group) is 2. The number of hydrogen-bond donors (Lipinski definition) is 3. The number of aromatic hydroxyl groups is 3. The molecule has 230 valence electrons. The van der Waals surface area contributed by atoms with Crippen molar-refractivity contribution >= 4 is 0 Å². The van der Waals surface area contributed by atoms with E-state index >= 15 is 0 Å². The summed E-state index contributed by atoms with van der Waals surface area (Å²) in [6.07, 6.45) is 3.26. The smallest absolute Gasteiger partial charge is 0.169 e. The second-order valence-corrected chi connectivity index (χ2v) is 11.9. The molecule has 0 radical (unpaired) electrons. The van der Waals surface area contributed by atoms with Crippen LogP contribution in [-0.2, 0) is 25.7 Å². The Kier molecular flexibility index (Phi) is 8.29. The molecular weight excluding hydrogens is 556 g/mol. The Morgan fingerprint density at radius 1 is 0.614 bits per heavy atom. The highest BCUT2D eigenvalue weighted by molar-refractivity contribution is 5.51. The summed E-state index contributed by atoms with van der Waals surface area (Å²) in [5, 5.41) is 31.2. The number of ether oxygens (including phenoxy) is 3. The van der Waals surface area contributed by atoms with Crippen molar-refractivity contribution in [2.75, 3.05) is 41.4 Å². The average Bonchev–Trinajstić information content (AvgIpc) is 3.02. The number of phenols is 3. The maximum Gasteiger partial charge on any atom is 0.169 e. The maximum absolute atomic E-state index is 10.7. The van der Waals surface area contributed by atoms with Crippen molar-refractivity contribution < 1.29 is 29.5 Å². The zero-order valence-corrected chi connectivity index (χ0v) is 25.7. The number of fused-ring (bicyclic) bond motifs is 2. The predicted molar refractivity (Wildman–Crippen MR) is 169 cm³/mol. The molecule has 0 fully saturated rings. The third-order valence-corrected chi connectivity index (χ3v) is 9.16. The van der Waals surface area contributed by atoms with Gasteiger partial charge in [-0.2, -0.15) is 0 Å². The molecule has 4 aromatic rings. The summed E-state index contributed by atoms with van der Waals surface area (Å²) in [6, 6.07) is 21.3. The molecule has 2 atom stereocenters. The summed E-state index contributed by atoms with van der Waals surface area (Å²) in [6.45, 7) is 1.80. The average molecular weight is 597 g/mol. The molecule has 3 N–H and O–H groups in total. The minimum absolute atomic E-state index is 0.0828. The standard InChI is InChI=1S/C36H40N2O6/c1-37-13-11-24-18-32(40)34(42-3)20-27(24)29(37)15-22-5-8-26(9-6-22)44-36-17-23(7-10-31(36)39)16-30-28-21-35(43-4)33(41)19-25(28)12-14-38(30)2/h5-10,17-21,29-30,39-41H,11-16H2,1-4H3/t29-,30+/m1/s1. The molecule has 2 aliphatic heterocycles. The SMILES string of the molecule is COc1cc2c(cc1O)CCN(C)[C@@H]2Cc1ccc(Oc2cc(C[C@H]3c4cc(OC)c(O)cc4CCN3C)ccc2O)cc1. The summed E-state index contributed by atoms with van der Waals surface area (Å²) in [7, 11) is 7.38. The lowest BCUT2D eigenvalue weighted by molar-refractivity contribution is 0.228. The van der Waals surface area contributed by atoms with Crippen molar-refractivity contribution in [3.63, 3.8) is 0 Å². The number of phenolic OH excluding ortho intramolecular Hbond substituents is 3. The normalized spacial score (nSPS) is 18.4. The van der Waals surface area contributed by atoms with E-state index < -0.39 is 0 Å². The highest BCUT2D eigenvalue weighted by Crippen LogP contribution is 2.41. The first-order valence-electron chi connectivity index (χ1n) is 15.0. The zero-order chi connectivity index (χ0) is 31.0. The van der Waals surface area contributed by atoms with Gasteiger partial charge in [0.15, 0.2) is 34.5 Å². The van der Waals surface area contributed by atoms with Crippen LogP contribution in [0.15, 0.2) is 66.7 Å². The van der Waals surface area contributed by atoms with Crippen LogP contribution in [-0.4, -0.2) is 66.5 Å². The molecule has 0 amide bonds. The van der Waals surface area contributed by atoms with Gasteiger partial charge in [0.1, 0.15) is 5.75 Å². The van der Waals surface area contributed by atoms with E-state index in [1.54, 1.807) is 20.3 Å². The van der Waals surface area contributed by atoms with Crippen LogP contribution in [0.4, 0.5) is 0 Å². The van der Waals surface area contributed by atoms with Gasteiger partial charge in [-0.05, 0) is 122 Å². The fourth-order valence-electron chi connectivity index (χ4n) is 6.58. The van der Waals surface area contributed by atoms with Crippen LogP contribution < -0.4 is 14.2 Å². The third kappa shape index (κ3) is 5.87. The van der Waals surface area contributed by atoms with Gasteiger partial charge in [-0.1, -0.05) is 18.2 Å².